The van der Waals surface area contributed by atoms with Crippen LogP contribution in [-0.4, -0.2) is 19.6 Å². The van der Waals surface area contributed by atoms with Crippen LogP contribution in [0.15, 0.2) is 12.1 Å². The molecule has 0 saturated carbocycles. The van der Waals surface area contributed by atoms with Gasteiger partial charge in [0, 0.05) is 24.3 Å². The molecule has 20 heavy (non-hydrogen) atoms. The second-order valence-corrected chi connectivity index (χ2v) is 6.32. The molecule has 1 N–H and O–H groups in total. The lowest BCUT2D eigenvalue weighted by atomic mass is 9.98. The molecule has 1 aromatic rings. The van der Waals surface area contributed by atoms with E-state index in [1.165, 1.54) is 18.5 Å². The number of aryl methyl sites for hydroxylation is 1. The van der Waals surface area contributed by atoms with E-state index >= 15 is 0 Å². The van der Waals surface area contributed by atoms with Gasteiger partial charge in [-0.15, -0.1) is 0 Å². The van der Waals surface area contributed by atoms with Crippen LogP contribution < -0.4 is 10.2 Å². The fraction of sp³-hybridized carbons (Fsp3) is 0.647. The molecule has 3 heteroatoms. The van der Waals surface area contributed by atoms with Crippen molar-refractivity contribution in [3.05, 3.63) is 29.1 Å². The molecule has 0 spiro atoms. The molecule has 0 bridgehead atoms. The summed E-state index contributed by atoms with van der Waals surface area (Å²) < 4.78 is 14.0. The van der Waals surface area contributed by atoms with Crippen molar-refractivity contribution < 1.29 is 4.39 Å². The van der Waals surface area contributed by atoms with Gasteiger partial charge in [-0.25, -0.2) is 4.39 Å². The Morgan fingerprint density at radius 1 is 1.30 bits per heavy atom. The number of nitrogens with zero attached hydrogens (tertiary/aromatic N) is 1. The molecule has 2 rings (SSSR count). The van der Waals surface area contributed by atoms with Gasteiger partial charge in [-0.05, 0) is 62.9 Å². The number of hydrogen-bond acceptors (Lipinski definition) is 2. The molecular formula is C17H27FN2. The molecule has 0 aliphatic carbocycles. The van der Waals surface area contributed by atoms with E-state index in [4.69, 9.17) is 0 Å². The van der Waals surface area contributed by atoms with E-state index in [1.54, 1.807) is 6.07 Å². The number of anilines is 1. The Hall–Kier alpha value is -1.09. The standard InChI is InChI=1S/C17H27FN2/c1-11(2)16-7-6-8-20(16)17-9-12(3)15(18)10-14(17)13(4)19-5/h9-11,13,16,19H,6-8H2,1-5H3. The summed E-state index contributed by atoms with van der Waals surface area (Å²) in [5.41, 5.74) is 3.02. The SMILES string of the molecule is CNC(C)c1cc(F)c(C)cc1N1CCCC1C(C)C. The zero-order chi connectivity index (χ0) is 14.9. The quantitative estimate of drug-likeness (QED) is 0.894. The number of hydrogen-bond donors (Lipinski definition) is 1. The first kappa shape index (κ1) is 15.3. The second kappa shape index (κ2) is 6.13. The molecule has 1 fully saturated rings. The van der Waals surface area contributed by atoms with Crippen molar-refractivity contribution in [2.75, 3.05) is 18.5 Å². The number of halogens is 1. The third-order valence-electron chi connectivity index (χ3n) is 4.59. The van der Waals surface area contributed by atoms with Crippen molar-refractivity contribution in [1.82, 2.24) is 5.32 Å². The van der Waals surface area contributed by atoms with E-state index in [1.807, 2.05) is 20.0 Å². The molecule has 1 aliphatic heterocycles. The molecular weight excluding hydrogens is 251 g/mol. The fourth-order valence-electron chi connectivity index (χ4n) is 3.22. The smallest absolute Gasteiger partial charge is 0.126 e. The molecule has 2 nitrogen and oxygen atoms in total. The maximum atomic E-state index is 14.0. The zero-order valence-electron chi connectivity index (χ0n) is 13.3. The molecule has 1 aliphatic rings. The van der Waals surface area contributed by atoms with Gasteiger partial charge >= 0.3 is 0 Å². The Bertz CT molecular complexity index is 470. The summed E-state index contributed by atoms with van der Waals surface area (Å²) >= 11 is 0. The Balaban J connectivity index is 2.46. The molecule has 0 aromatic heterocycles. The first-order valence-corrected chi connectivity index (χ1v) is 7.69. The van der Waals surface area contributed by atoms with Crippen LogP contribution in [-0.2, 0) is 0 Å². The number of benzene rings is 1. The highest BCUT2D eigenvalue weighted by atomic mass is 19.1. The Morgan fingerprint density at radius 3 is 2.60 bits per heavy atom. The highest BCUT2D eigenvalue weighted by molar-refractivity contribution is 5.58. The first-order valence-electron chi connectivity index (χ1n) is 7.69. The summed E-state index contributed by atoms with van der Waals surface area (Å²) in [4.78, 5) is 2.49. The van der Waals surface area contributed by atoms with E-state index in [2.05, 4.69) is 31.0 Å². The average Bonchev–Trinajstić information content (AvgIpc) is 2.89. The lowest BCUT2D eigenvalue weighted by Gasteiger charge is -2.33. The summed E-state index contributed by atoms with van der Waals surface area (Å²) in [7, 11) is 1.93. The lowest BCUT2D eigenvalue weighted by molar-refractivity contribution is 0.489. The number of rotatable bonds is 4. The van der Waals surface area contributed by atoms with Gasteiger partial charge in [-0.3, -0.25) is 0 Å². The van der Waals surface area contributed by atoms with Crippen LogP contribution in [0.5, 0.6) is 0 Å². The Morgan fingerprint density at radius 2 is 2.00 bits per heavy atom. The van der Waals surface area contributed by atoms with Gasteiger partial charge in [-0.1, -0.05) is 13.8 Å². The fourth-order valence-corrected chi connectivity index (χ4v) is 3.22. The summed E-state index contributed by atoms with van der Waals surface area (Å²) in [6, 6.07) is 4.47. The van der Waals surface area contributed by atoms with Gasteiger partial charge in [0.15, 0.2) is 0 Å². The molecule has 0 amide bonds. The van der Waals surface area contributed by atoms with Crippen molar-refractivity contribution in [1.29, 1.82) is 0 Å². The summed E-state index contributed by atoms with van der Waals surface area (Å²) in [6.45, 7) is 9.58. The minimum absolute atomic E-state index is 0.105. The van der Waals surface area contributed by atoms with Crippen LogP contribution in [0.25, 0.3) is 0 Å². The van der Waals surface area contributed by atoms with E-state index in [0.717, 1.165) is 17.7 Å². The van der Waals surface area contributed by atoms with E-state index in [9.17, 15) is 4.39 Å². The van der Waals surface area contributed by atoms with E-state index in [-0.39, 0.29) is 11.9 Å². The van der Waals surface area contributed by atoms with Crippen LogP contribution in [0.3, 0.4) is 0 Å². The maximum absolute atomic E-state index is 14.0. The van der Waals surface area contributed by atoms with Crippen LogP contribution in [0.1, 0.15) is 50.8 Å². The Kier molecular flexibility index (Phi) is 4.69. The molecule has 2 unspecified atom stereocenters. The van der Waals surface area contributed by atoms with Gasteiger partial charge in [0.1, 0.15) is 5.82 Å². The summed E-state index contributed by atoms with van der Waals surface area (Å²) in [5, 5.41) is 3.24. The van der Waals surface area contributed by atoms with Crippen molar-refractivity contribution in [3.63, 3.8) is 0 Å². The van der Waals surface area contributed by atoms with Gasteiger partial charge in [0.25, 0.3) is 0 Å². The van der Waals surface area contributed by atoms with Crippen molar-refractivity contribution in [2.45, 2.75) is 52.6 Å². The van der Waals surface area contributed by atoms with E-state index in [0.29, 0.717) is 12.0 Å². The highest BCUT2D eigenvalue weighted by Crippen LogP contribution is 2.36. The van der Waals surface area contributed by atoms with Crippen LogP contribution in [0, 0.1) is 18.7 Å². The van der Waals surface area contributed by atoms with Crippen LogP contribution >= 0.6 is 0 Å². The predicted molar refractivity (Wildman–Crippen MR) is 83.8 cm³/mol. The minimum Gasteiger partial charge on any atom is -0.368 e. The molecule has 1 saturated heterocycles. The molecule has 112 valence electrons. The van der Waals surface area contributed by atoms with Gasteiger partial charge in [0.05, 0.1) is 0 Å². The van der Waals surface area contributed by atoms with E-state index < -0.39 is 0 Å². The third kappa shape index (κ3) is 2.83. The molecule has 1 heterocycles. The van der Waals surface area contributed by atoms with Crippen LogP contribution in [0.2, 0.25) is 0 Å². The molecule has 0 radical (unpaired) electrons. The van der Waals surface area contributed by atoms with Crippen molar-refractivity contribution in [3.8, 4) is 0 Å². The van der Waals surface area contributed by atoms with Crippen LogP contribution in [0.4, 0.5) is 10.1 Å². The third-order valence-corrected chi connectivity index (χ3v) is 4.59. The molecule has 1 aromatic carbocycles. The second-order valence-electron chi connectivity index (χ2n) is 6.32. The summed E-state index contributed by atoms with van der Waals surface area (Å²) in [5.74, 6) is 0.520. The Labute approximate surface area is 122 Å². The monoisotopic (exact) mass is 278 g/mol. The molecule has 2 atom stereocenters. The van der Waals surface area contributed by atoms with Crippen molar-refractivity contribution >= 4 is 5.69 Å². The van der Waals surface area contributed by atoms with Gasteiger partial charge in [-0.2, -0.15) is 0 Å². The zero-order valence-corrected chi connectivity index (χ0v) is 13.3. The number of nitrogens with one attached hydrogen (secondary N) is 1. The normalized spacial score (nSPS) is 20.8. The van der Waals surface area contributed by atoms with Gasteiger partial charge < -0.3 is 10.2 Å². The largest absolute Gasteiger partial charge is 0.368 e. The predicted octanol–water partition coefficient (Wildman–Crippen LogP) is 4.04. The van der Waals surface area contributed by atoms with Gasteiger partial charge in [0.2, 0.25) is 0 Å². The first-order chi connectivity index (χ1) is 9.45. The minimum atomic E-state index is -0.105. The summed E-state index contributed by atoms with van der Waals surface area (Å²) in [6.07, 6.45) is 2.47. The maximum Gasteiger partial charge on any atom is 0.126 e. The topological polar surface area (TPSA) is 15.3 Å². The average molecular weight is 278 g/mol. The lowest BCUT2D eigenvalue weighted by Crippen LogP contribution is -2.34. The van der Waals surface area contributed by atoms with Crippen molar-refractivity contribution in [2.24, 2.45) is 5.92 Å². The highest BCUT2D eigenvalue weighted by Gasteiger charge is 2.29.